The Hall–Kier alpha value is -1.84. The molecule has 2 rings (SSSR count). The minimum Gasteiger partial charge on any atom is -0.339 e. The first kappa shape index (κ1) is 13.6. The average Bonchev–Trinajstić information content (AvgIpc) is 2.80. The van der Waals surface area contributed by atoms with E-state index in [9.17, 15) is 9.59 Å². The highest BCUT2D eigenvalue weighted by Gasteiger charge is 2.25. The van der Waals surface area contributed by atoms with Crippen LogP contribution >= 0.6 is 0 Å². The minimum atomic E-state index is -0.0736. The second-order valence-electron chi connectivity index (χ2n) is 5.43. The van der Waals surface area contributed by atoms with Gasteiger partial charge in [0, 0.05) is 31.4 Å². The number of carbonyl (C=O) groups excluding carboxylic acids is 1. The van der Waals surface area contributed by atoms with Crippen molar-refractivity contribution in [2.75, 3.05) is 13.1 Å². The molecule has 1 atom stereocenters. The molecule has 19 heavy (non-hydrogen) atoms. The lowest BCUT2D eigenvalue weighted by Crippen LogP contribution is -2.27. The van der Waals surface area contributed by atoms with Crippen molar-refractivity contribution in [3.63, 3.8) is 0 Å². The first-order valence-corrected chi connectivity index (χ1v) is 6.66. The summed E-state index contributed by atoms with van der Waals surface area (Å²) < 4.78 is 0. The lowest BCUT2D eigenvalue weighted by atomic mass is 10.00. The summed E-state index contributed by atoms with van der Waals surface area (Å²) in [5.41, 5.74) is 2.09. The maximum atomic E-state index is 11.9. The molecule has 1 N–H and O–H groups in total. The van der Waals surface area contributed by atoms with Gasteiger partial charge in [-0.2, -0.15) is 0 Å². The molecule has 4 heteroatoms. The molecule has 1 fully saturated rings. The SMILES string of the molecule is CC(C)=CC(=O)N1CC[C@@H](Cc2ccc(=O)[nH]c2)C1. The summed E-state index contributed by atoms with van der Waals surface area (Å²) in [5, 5.41) is 0. The molecule has 4 nitrogen and oxygen atoms in total. The molecular formula is C15H20N2O2. The highest BCUT2D eigenvalue weighted by molar-refractivity contribution is 5.88. The van der Waals surface area contributed by atoms with E-state index in [-0.39, 0.29) is 11.5 Å². The van der Waals surface area contributed by atoms with Gasteiger partial charge in [-0.05, 0) is 38.2 Å². The van der Waals surface area contributed by atoms with Crippen LogP contribution in [0.3, 0.4) is 0 Å². The smallest absolute Gasteiger partial charge is 0.247 e. The van der Waals surface area contributed by atoms with Gasteiger partial charge < -0.3 is 9.88 Å². The topological polar surface area (TPSA) is 53.2 Å². The molecule has 0 spiro atoms. The van der Waals surface area contributed by atoms with Crippen molar-refractivity contribution in [1.29, 1.82) is 0 Å². The molecular weight excluding hydrogens is 240 g/mol. The maximum absolute atomic E-state index is 11.9. The molecule has 1 saturated heterocycles. The van der Waals surface area contributed by atoms with E-state index in [1.54, 1.807) is 18.3 Å². The molecule has 0 aliphatic carbocycles. The number of H-pyrrole nitrogens is 1. The van der Waals surface area contributed by atoms with Gasteiger partial charge in [0.25, 0.3) is 0 Å². The summed E-state index contributed by atoms with van der Waals surface area (Å²) in [6.07, 6.45) is 5.40. The molecule has 1 aromatic rings. The molecule has 1 aliphatic rings. The van der Waals surface area contributed by atoms with E-state index < -0.39 is 0 Å². The third-order valence-corrected chi connectivity index (χ3v) is 3.38. The van der Waals surface area contributed by atoms with Crippen molar-refractivity contribution in [2.45, 2.75) is 26.7 Å². The first-order chi connectivity index (χ1) is 9.04. The summed E-state index contributed by atoms with van der Waals surface area (Å²) in [7, 11) is 0. The Balaban J connectivity index is 1.92. The van der Waals surface area contributed by atoms with E-state index in [2.05, 4.69) is 4.98 Å². The fraction of sp³-hybridized carbons (Fsp3) is 0.467. The Morgan fingerprint density at radius 3 is 2.89 bits per heavy atom. The van der Waals surface area contributed by atoms with Crippen LogP contribution in [-0.4, -0.2) is 28.9 Å². The van der Waals surface area contributed by atoms with Crippen molar-refractivity contribution in [3.05, 3.63) is 45.9 Å². The van der Waals surface area contributed by atoms with Gasteiger partial charge in [0.1, 0.15) is 0 Å². The highest BCUT2D eigenvalue weighted by atomic mass is 16.2. The average molecular weight is 260 g/mol. The fourth-order valence-corrected chi connectivity index (χ4v) is 2.44. The van der Waals surface area contributed by atoms with E-state index in [0.717, 1.165) is 37.1 Å². The molecule has 0 aromatic carbocycles. The largest absolute Gasteiger partial charge is 0.339 e. The lowest BCUT2D eigenvalue weighted by Gasteiger charge is -2.14. The van der Waals surface area contributed by atoms with E-state index in [1.165, 1.54) is 0 Å². The molecule has 0 unspecified atom stereocenters. The molecule has 1 amide bonds. The van der Waals surface area contributed by atoms with E-state index >= 15 is 0 Å². The van der Waals surface area contributed by atoms with Crippen LogP contribution in [0.25, 0.3) is 0 Å². The van der Waals surface area contributed by atoms with Gasteiger partial charge in [-0.25, -0.2) is 0 Å². The number of nitrogens with zero attached hydrogens (tertiary/aromatic N) is 1. The van der Waals surface area contributed by atoms with Crippen LogP contribution in [0.15, 0.2) is 34.8 Å². The second kappa shape index (κ2) is 5.87. The van der Waals surface area contributed by atoms with Crippen LogP contribution in [0, 0.1) is 5.92 Å². The van der Waals surface area contributed by atoms with Crippen molar-refractivity contribution in [3.8, 4) is 0 Å². The molecule has 1 aromatic heterocycles. The molecule has 0 radical (unpaired) electrons. The fourth-order valence-electron chi connectivity index (χ4n) is 2.44. The van der Waals surface area contributed by atoms with Crippen LogP contribution < -0.4 is 5.56 Å². The van der Waals surface area contributed by atoms with E-state index in [0.29, 0.717) is 5.92 Å². The van der Waals surface area contributed by atoms with Gasteiger partial charge in [-0.1, -0.05) is 11.6 Å². The van der Waals surface area contributed by atoms with Crippen molar-refractivity contribution >= 4 is 5.91 Å². The number of hydrogen-bond donors (Lipinski definition) is 1. The van der Waals surface area contributed by atoms with Crippen LogP contribution in [0.1, 0.15) is 25.8 Å². The monoisotopic (exact) mass is 260 g/mol. The van der Waals surface area contributed by atoms with Gasteiger partial charge in [0.05, 0.1) is 0 Å². The normalized spacial score (nSPS) is 18.4. The van der Waals surface area contributed by atoms with Gasteiger partial charge in [0.2, 0.25) is 11.5 Å². The Morgan fingerprint density at radius 1 is 1.47 bits per heavy atom. The predicted molar refractivity (Wildman–Crippen MR) is 74.9 cm³/mol. The number of nitrogens with one attached hydrogen (secondary N) is 1. The molecule has 0 saturated carbocycles. The third-order valence-electron chi connectivity index (χ3n) is 3.38. The number of likely N-dealkylation sites (tertiary alicyclic amines) is 1. The zero-order valence-electron chi connectivity index (χ0n) is 11.5. The van der Waals surface area contributed by atoms with Crippen molar-refractivity contribution in [1.82, 2.24) is 9.88 Å². The number of rotatable bonds is 3. The number of aromatic nitrogens is 1. The summed E-state index contributed by atoms with van der Waals surface area (Å²) in [6.45, 7) is 5.51. The van der Waals surface area contributed by atoms with Crippen LogP contribution in [0.5, 0.6) is 0 Å². The van der Waals surface area contributed by atoms with Crippen molar-refractivity contribution < 1.29 is 4.79 Å². The summed E-state index contributed by atoms with van der Waals surface area (Å²) in [5.74, 6) is 0.601. The Bertz CT molecular complexity index is 521. The van der Waals surface area contributed by atoms with E-state index in [4.69, 9.17) is 0 Å². The lowest BCUT2D eigenvalue weighted by molar-refractivity contribution is -0.125. The number of carbonyl (C=O) groups is 1. The zero-order valence-corrected chi connectivity index (χ0v) is 11.5. The zero-order chi connectivity index (χ0) is 13.8. The minimum absolute atomic E-state index is 0.0736. The first-order valence-electron chi connectivity index (χ1n) is 6.66. The molecule has 0 bridgehead atoms. The van der Waals surface area contributed by atoms with Gasteiger partial charge in [-0.15, -0.1) is 0 Å². The standard InChI is InChI=1S/C15H20N2O2/c1-11(2)7-15(19)17-6-5-13(10-17)8-12-3-4-14(18)16-9-12/h3-4,7,9,13H,5-6,8,10H2,1-2H3,(H,16,18)/t13-/m0/s1. The molecule has 1 aliphatic heterocycles. The maximum Gasteiger partial charge on any atom is 0.247 e. The quantitative estimate of drug-likeness (QED) is 0.841. The highest BCUT2D eigenvalue weighted by Crippen LogP contribution is 2.20. The Morgan fingerprint density at radius 2 is 2.26 bits per heavy atom. The molecule has 102 valence electrons. The predicted octanol–water partition coefficient (Wildman–Crippen LogP) is 1.73. The Kier molecular flexibility index (Phi) is 4.20. The summed E-state index contributed by atoms with van der Waals surface area (Å²) in [6, 6.07) is 3.41. The number of hydrogen-bond acceptors (Lipinski definition) is 2. The third kappa shape index (κ3) is 3.81. The van der Waals surface area contributed by atoms with Gasteiger partial charge in [0.15, 0.2) is 0 Å². The summed E-state index contributed by atoms with van der Waals surface area (Å²) >= 11 is 0. The summed E-state index contributed by atoms with van der Waals surface area (Å²) in [4.78, 5) is 27.5. The number of allylic oxidation sites excluding steroid dienone is 1. The van der Waals surface area contributed by atoms with Gasteiger partial charge >= 0.3 is 0 Å². The van der Waals surface area contributed by atoms with Crippen LogP contribution in [-0.2, 0) is 11.2 Å². The van der Waals surface area contributed by atoms with Gasteiger partial charge in [-0.3, -0.25) is 9.59 Å². The van der Waals surface area contributed by atoms with Crippen molar-refractivity contribution in [2.24, 2.45) is 5.92 Å². The van der Waals surface area contributed by atoms with Crippen LogP contribution in [0.4, 0.5) is 0 Å². The van der Waals surface area contributed by atoms with Crippen LogP contribution in [0.2, 0.25) is 0 Å². The molecule has 2 heterocycles. The Labute approximate surface area is 113 Å². The second-order valence-corrected chi connectivity index (χ2v) is 5.43. The number of amides is 1. The number of pyridine rings is 1. The number of aromatic amines is 1. The van der Waals surface area contributed by atoms with E-state index in [1.807, 2.05) is 24.8 Å².